The van der Waals surface area contributed by atoms with Gasteiger partial charge in [0, 0.05) is 25.2 Å². The Hall–Kier alpha value is -2.13. The summed E-state index contributed by atoms with van der Waals surface area (Å²) in [6.07, 6.45) is -3.70. The lowest BCUT2D eigenvalue weighted by molar-refractivity contribution is -0.137. The summed E-state index contributed by atoms with van der Waals surface area (Å²) in [6.45, 7) is 6.48. The number of aliphatic imine (C=N–C) groups is 1. The van der Waals surface area contributed by atoms with Gasteiger partial charge >= 0.3 is 6.18 Å². The van der Waals surface area contributed by atoms with E-state index in [0.29, 0.717) is 32.9 Å². The van der Waals surface area contributed by atoms with Crippen LogP contribution in [0.1, 0.15) is 29.3 Å². The van der Waals surface area contributed by atoms with Crippen molar-refractivity contribution in [1.82, 2.24) is 10.2 Å². The highest BCUT2D eigenvalue weighted by Gasteiger charge is 2.30. The Balaban J connectivity index is 1.94. The van der Waals surface area contributed by atoms with Crippen molar-refractivity contribution in [3.8, 4) is 0 Å². The van der Waals surface area contributed by atoms with E-state index in [9.17, 15) is 18.0 Å². The molecule has 0 spiro atoms. The molecule has 1 N–H and O–H groups in total. The van der Waals surface area contributed by atoms with Crippen molar-refractivity contribution in [2.75, 3.05) is 46.0 Å². The van der Waals surface area contributed by atoms with Gasteiger partial charge in [0.25, 0.3) is 11.9 Å². The zero-order chi connectivity index (χ0) is 19.7. The molecule has 0 saturated carbocycles. The molecular weight excluding hydrogens is 363 g/mol. The molecule has 150 valence electrons. The molecule has 27 heavy (non-hydrogen) atoms. The molecule has 0 aromatic heterocycles. The van der Waals surface area contributed by atoms with Crippen LogP contribution < -0.4 is 5.32 Å². The van der Waals surface area contributed by atoms with E-state index in [1.807, 2.05) is 6.92 Å². The van der Waals surface area contributed by atoms with Crippen molar-refractivity contribution in [1.29, 1.82) is 0 Å². The minimum absolute atomic E-state index is 0.0787. The van der Waals surface area contributed by atoms with Crippen molar-refractivity contribution in [3.63, 3.8) is 0 Å². The number of nitrogens with one attached hydrogen (secondary N) is 1. The standard InChI is InChI=1S/C18H24F3N3O3/c1-2-11-27-17(22-7-8-24-9-12-26-13-10-24)23-16(25)14-3-5-15(6-4-14)18(19,20)21/h3-6H,2,7-13H2,1H3,(H,22,23,25). The van der Waals surface area contributed by atoms with Crippen LogP contribution in [0.3, 0.4) is 0 Å². The predicted molar refractivity (Wildman–Crippen MR) is 94.7 cm³/mol. The van der Waals surface area contributed by atoms with Gasteiger partial charge < -0.3 is 9.47 Å². The van der Waals surface area contributed by atoms with E-state index in [2.05, 4.69) is 15.2 Å². The second-order valence-electron chi connectivity index (χ2n) is 6.02. The third-order valence-electron chi connectivity index (χ3n) is 3.91. The van der Waals surface area contributed by atoms with Gasteiger partial charge in [-0.2, -0.15) is 13.2 Å². The average Bonchev–Trinajstić information content (AvgIpc) is 2.66. The van der Waals surface area contributed by atoms with Crippen molar-refractivity contribution >= 4 is 11.9 Å². The Labute approximate surface area is 156 Å². The zero-order valence-electron chi connectivity index (χ0n) is 15.2. The number of hydrogen-bond donors (Lipinski definition) is 1. The molecular formula is C18H24F3N3O3. The van der Waals surface area contributed by atoms with Crippen molar-refractivity contribution in [2.45, 2.75) is 19.5 Å². The lowest BCUT2D eigenvalue weighted by Gasteiger charge is -2.25. The number of amidine groups is 1. The summed E-state index contributed by atoms with van der Waals surface area (Å²) in [5.41, 5.74) is -0.704. The summed E-state index contributed by atoms with van der Waals surface area (Å²) in [4.78, 5) is 18.7. The largest absolute Gasteiger partial charge is 0.465 e. The lowest BCUT2D eigenvalue weighted by Crippen LogP contribution is -2.38. The monoisotopic (exact) mass is 387 g/mol. The minimum atomic E-state index is -4.44. The van der Waals surface area contributed by atoms with Crippen molar-refractivity contribution in [3.05, 3.63) is 35.4 Å². The molecule has 1 heterocycles. The molecule has 1 amide bonds. The molecule has 9 heteroatoms. The van der Waals surface area contributed by atoms with Gasteiger partial charge in [0.05, 0.1) is 31.9 Å². The number of amides is 1. The van der Waals surface area contributed by atoms with E-state index in [4.69, 9.17) is 9.47 Å². The number of hydrogen-bond acceptors (Lipinski definition) is 5. The van der Waals surface area contributed by atoms with E-state index in [0.717, 1.165) is 43.8 Å². The zero-order valence-corrected chi connectivity index (χ0v) is 15.2. The summed E-state index contributed by atoms with van der Waals surface area (Å²) < 4.78 is 48.6. The Bertz CT molecular complexity index is 627. The highest BCUT2D eigenvalue weighted by atomic mass is 19.4. The number of ether oxygens (including phenoxy) is 2. The maximum absolute atomic E-state index is 12.6. The van der Waals surface area contributed by atoms with Crippen molar-refractivity contribution in [2.24, 2.45) is 4.99 Å². The first-order valence-corrected chi connectivity index (χ1v) is 8.86. The number of rotatable bonds is 6. The summed E-state index contributed by atoms with van der Waals surface area (Å²) in [5, 5.41) is 2.53. The van der Waals surface area contributed by atoms with Gasteiger partial charge in [-0.15, -0.1) is 0 Å². The maximum Gasteiger partial charge on any atom is 0.416 e. The molecule has 1 fully saturated rings. The molecule has 1 aliphatic rings. The molecule has 1 saturated heterocycles. The van der Waals surface area contributed by atoms with Crippen LogP contribution in [0, 0.1) is 0 Å². The van der Waals surface area contributed by atoms with E-state index < -0.39 is 17.6 Å². The van der Waals surface area contributed by atoms with Gasteiger partial charge in [0.2, 0.25) is 0 Å². The Morgan fingerprint density at radius 3 is 2.52 bits per heavy atom. The molecule has 0 aliphatic carbocycles. The first-order valence-electron chi connectivity index (χ1n) is 8.86. The Morgan fingerprint density at radius 1 is 1.26 bits per heavy atom. The summed E-state index contributed by atoms with van der Waals surface area (Å²) >= 11 is 0. The van der Waals surface area contributed by atoms with Gasteiger partial charge in [-0.05, 0) is 30.7 Å². The molecule has 1 aromatic carbocycles. The maximum atomic E-state index is 12.6. The Morgan fingerprint density at radius 2 is 1.93 bits per heavy atom. The van der Waals surface area contributed by atoms with Gasteiger partial charge in [-0.25, -0.2) is 4.99 Å². The quantitative estimate of drug-likeness (QED) is 0.602. The normalized spacial score (nSPS) is 16.2. The fourth-order valence-corrected chi connectivity index (χ4v) is 2.42. The van der Waals surface area contributed by atoms with Crippen LogP contribution >= 0.6 is 0 Å². The number of nitrogens with zero attached hydrogens (tertiary/aromatic N) is 2. The first-order chi connectivity index (χ1) is 12.9. The number of benzene rings is 1. The molecule has 0 unspecified atom stereocenters. The minimum Gasteiger partial charge on any atom is -0.465 e. The molecule has 1 aromatic rings. The summed E-state index contributed by atoms with van der Waals surface area (Å²) in [7, 11) is 0. The summed E-state index contributed by atoms with van der Waals surface area (Å²) in [6, 6.07) is 4.08. The van der Waals surface area contributed by atoms with E-state index >= 15 is 0 Å². The van der Waals surface area contributed by atoms with Crippen LogP contribution in [0.2, 0.25) is 0 Å². The molecule has 6 nitrogen and oxygen atoms in total. The third-order valence-corrected chi connectivity index (χ3v) is 3.91. The smallest absolute Gasteiger partial charge is 0.416 e. The highest BCUT2D eigenvalue weighted by Crippen LogP contribution is 2.29. The van der Waals surface area contributed by atoms with Gasteiger partial charge in [-0.1, -0.05) is 6.92 Å². The lowest BCUT2D eigenvalue weighted by atomic mass is 10.1. The molecule has 2 rings (SSSR count). The third kappa shape index (κ3) is 7.18. The van der Waals surface area contributed by atoms with Crippen LogP contribution in [0.4, 0.5) is 13.2 Å². The summed E-state index contributed by atoms with van der Waals surface area (Å²) in [5.74, 6) is -0.565. The first kappa shape index (κ1) is 21.2. The van der Waals surface area contributed by atoms with E-state index in [1.165, 1.54) is 0 Å². The van der Waals surface area contributed by atoms with Crippen molar-refractivity contribution < 1.29 is 27.4 Å². The van der Waals surface area contributed by atoms with Crippen LogP contribution in [0.15, 0.2) is 29.3 Å². The SMILES string of the molecule is CCCOC(=NCCN1CCOCC1)NC(=O)c1ccc(C(F)(F)F)cc1. The molecule has 0 radical (unpaired) electrons. The molecule has 0 bridgehead atoms. The van der Waals surface area contributed by atoms with Crippen LogP contribution in [-0.4, -0.2) is 62.8 Å². The fourth-order valence-electron chi connectivity index (χ4n) is 2.42. The number of carbonyl (C=O) groups is 1. The number of halogens is 3. The number of carbonyl (C=O) groups excluding carboxylic acids is 1. The predicted octanol–water partition coefficient (Wildman–Crippen LogP) is 2.55. The molecule has 1 aliphatic heterocycles. The highest BCUT2D eigenvalue weighted by molar-refractivity contribution is 6.04. The van der Waals surface area contributed by atoms with Crippen LogP contribution in [0.25, 0.3) is 0 Å². The topological polar surface area (TPSA) is 63.2 Å². The second kappa shape index (κ2) is 10.3. The van der Waals surface area contributed by atoms with Crippen LogP contribution in [-0.2, 0) is 15.7 Å². The fraction of sp³-hybridized carbons (Fsp3) is 0.556. The number of morpholine rings is 1. The number of alkyl halides is 3. The second-order valence-corrected chi connectivity index (χ2v) is 6.02. The van der Waals surface area contributed by atoms with Crippen LogP contribution in [0.5, 0.6) is 0 Å². The average molecular weight is 387 g/mol. The van der Waals surface area contributed by atoms with Gasteiger partial charge in [0.1, 0.15) is 0 Å². The molecule has 0 atom stereocenters. The Kier molecular flexibility index (Phi) is 8.05. The van der Waals surface area contributed by atoms with Gasteiger partial charge in [-0.3, -0.25) is 15.0 Å². The van der Waals surface area contributed by atoms with Gasteiger partial charge in [0.15, 0.2) is 0 Å². The van der Waals surface area contributed by atoms with E-state index in [-0.39, 0.29) is 11.6 Å². The van der Waals surface area contributed by atoms with E-state index in [1.54, 1.807) is 0 Å².